The molecule has 26 heavy (non-hydrogen) atoms. The molecule has 1 amide bonds. The van der Waals surface area contributed by atoms with Crippen molar-refractivity contribution >= 4 is 11.7 Å². The van der Waals surface area contributed by atoms with E-state index in [1.54, 1.807) is 28.9 Å². The number of amides is 1. The number of nitrogens with zero attached hydrogens (tertiary/aromatic N) is 5. The van der Waals surface area contributed by atoms with Crippen LogP contribution in [0.3, 0.4) is 0 Å². The summed E-state index contributed by atoms with van der Waals surface area (Å²) in [6.07, 6.45) is 3.24. The highest BCUT2D eigenvalue weighted by atomic mass is 16.2. The highest BCUT2D eigenvalue weighted by Gasteiger charge is 2.25. The number of aryl methyl sites for hydroxylation is 1. The lowest BCUT2D eigenvalue weighted by molar-refractivity contribution is 0.0915. The van der Waals surface area contributed by atoms with Crippen molar-refractivity contribution in [2.75, 3.05) is 19.0 Å². The van der Waals surface area contributed by atoms with E-state index in [9.17, 15) is 9.59 Å². The van der Waals surface area contributed by atoms with Gasteiger partial charge in [0, 0.05) is 26.2 Å². The number of hydrogen-bond acceptors (Lipinski definition) is 6. The van der Waals surface area contributed by atoms with Crippen LogP contribution in [0.1, 0.15) is 47.9 Å². The van der Waals surface area contributed by atoms with Gasteiger partial charge in [-0.15, -0.1) is 10.2 Å². The van der Waals surface area contributed by atoms with Gasteiger partial charge in [0.1, 0.15) is 0 Å². The fourth-order valence-electron chi connectivity index (χ4n) is 3.19. The Morgan fingerprint density at radius 1 is 1.12 bits per heavy atom. The Morgan fingerprint density at radius 3 is 2.46 bits per heavy atom. The minimum atomic E-state index is -0.211. The van der Waals surface area contributed by atoms with Crippen LogP contribution in [-0.2, 0) is 0 Å². The fraction of sp³-hybridized carbons (Fsp3) is 0.500. The second-order valence-electron chi connectivity index (χ2n) is 6.91. The summed E-state index contributed by atoms with van der Waals surface area (Å²) >= 11 is 0. The molecule has 1 fully saturated rings. The summed E-state index contributed by atoms with van der Waals surface area (Å²) in [5.41, 5.74) is 1.08. The molecular weight excluding hydrogens is 332 g/mol. The van der Waals surface area contributed by atoms with Gasteiger partial charge in [-0.25, -0.2) is 4.68 Å². The van der Waals surface area contributed by atoms with Gasteiger partial charge in [-0.1, -0.05) is 0 Å². The Labute approximate surface area is 152 Å². The molecule has 0 aliphatic heterocycles. The third kappa shape index (κ3) is 4.07. The summed E-state index contributed by atoms with van der Waals surface area (Å²) in [6.45, 7) is 1.88. The van der Waals surface area contributed by atoms with Gasteiger partial charge in [0.05, 0.1) is 11.7 Å². The highest BCUT2D eigenvalue weighted by molar-refractivity contribution is 5.92. The Hall–Kier alpha value is -2.77. The maximum Gasteiger partial charge on any atom is 0.272 e. The number of rotatable bonds is 4. The zero-order valence-electron chi connectivity index (χ0n) is 15.3. The lowest BCUT2D eigenvalue weighted by Gasteiger charge is -2.29. The number of aromatic nitrogens is 4. The van der Waals surface area contributed by atoms with Crippen molar-refractivity contribution in [3.63, 3.8) is 0 Å². The topological polar surface area (TPSA) is 93.0 Å². The quantitative estimate of drug-likeness (QED) is 0.888. The van der Waals surface area contributed by atoms with Gasteiger partial charge in [0.15, 0.2) is 11.5 Å². The van der Waals surface area contributed by atoms with Gasteiger partial charge in [-0.2, -0.15) is 5.10 Å². The first-order valence-electron chi connectivity index (χ1n) is 8.82. The van der Waals surface area contributed by atoms with Gasteiger partial charge in [-0.3, -0.25) is 9.59 Å². The van der Waals surface area contributed by atoms with Crippen LogP contribution in [-0.4, -0.2) is 46.0 Å². The zero-order valence-corrected chi connectivity index (χ0v) is 15.3. The zero-order chi connectivity index (χ0) is 18.7. The maximum absolute atomic E-state index is 12.3. The van der Waals surface area contributed by atoms with E-state index in [1.807, 2.05) is 25.9 Å². The molecule has 1 N–H and O–H groups in total. The first-order chi connectivity index (χ1) is 12.4. The molecule has 0 aromatic carbocycles. The SMILES string of the molecule is Cc1ccc(=O)n(C2CCC(NC(=O)c3ccc(N(C)C)nn3)CC2)n1. The van der Waals surface area contributed by atoms with E-state index in [4.69, 9.17) is 0 Å². The van der Waals surface area contributed by atoms with Gasteiger partial charge in [0.25, 0.3) is 11.5 Å². The Balaban J connectivity index is 1.57. The molecule has 0 unspecified atom stereocenters. The number of anilines is 1. The fourth-order valence-corrected chi connectivity index (χ4v) is 3.19. The van der Waals surface area contributed by atoms with Crippen LogP contribution in [0.5, 0.6) is 0 Å². The molecule has 1 saturated carbocycles. The molecule has 138 valence electrons. The first-order valence-corrected chi connectivity index (χ1v) is 8.82. The van der Waals surface area contributed by atoms with Crippen LogP contribution >= 0.6 is 0 Å². The molecule has 0 atom stereocenters. The first kappa shape index (κ1) is 18.0. The predicted octanol–water partition coefficient (Wildman–Crippen LogP) is 1.32. The lowest BCUT2D eigenvalue weighted by Crippen LogP contribution is -2.40. The minimum absolute atomic E-state index is 0.0701. The van der Waals surface area contributed by atoms with Crippen molar-refractivity contribution < 1.29 is 4.79 Å². The summed E-state index contributed by atoms with van der Waals surface area (Å²) in [4.78, 5) is 26.2. The maximum atomic E-state index is 12.3. The third-order valence-corrected chi connectivity index (χ3v) is 4.68. The standard InChI is InChI=1S/C18H24N6O2/c1-12-4-11-17(25)24(22-12)14-7-5-13(6-8-14)19-18(26)15-9-10-16(21-20-15)23(2)3/h4,9-11,13-14H,5-8H2,1-3H3,(H,19,26). The second-order valence-corrected chi connectivity index (χ2v) is 6.91. The Morgan fingerprint density at radius 2 is 1.85 bits per heavy atom. The van der Waals surface area contributed by atoms with Crippen molar-refractivity contribution in [2.24, 2.45) is 0 Å². The molecular formula is C18H24N6O2. The van der Waals surface area contributed by atoms with Gasteiger partial charge in [0.2, 0.25) is 0 Å². The van der Waals surface area contributed by atoms with Crippen LogP contribution in [0.15, 0.2) is 29.1 Å². The van der Waals surface area contributed by atoms with Crippen molar-refractivity contribution in [1.29, 1.82) is 0 Å². The summed E-state index contributed by atoms with van der Waals surface area (Å²) in [6, 6.07) is 6.91. The largest absolute Gasteiger partial charge is 0.361 e. The van der Waals surface area contributed by atoms with E-state index in [2.05, 4.69) is 20.6 Å². The molecule has 2 heterocycles. The van der Waals surface area contributed by atoms with E-state index < -0.39 is 0 Å². The molecule has 3 rings (SSSR count). The normalized spacial score (nSPS) is 19.8. The van der Waals surface area contributed by atoms with Crippen LogP contribution in [0.2, 0.25) is 0 Å². The van der Waals surface area contributed by atoms with Gasteiger partial charge in [-0.05, 0) is 50.8 Å². The second kappa shape index (κ2) is 7.63. The van der Waals surface area contributed by atoms with E-state index in [1.165, 1.54) is 0 Å². The van der Waals surface area contributed by atoms with Crippen LogP contribution < -0.4 is 15.8 Å². The lowest BCUT2D eigenvalue weighted by atomic mass is 9.91. The molecule has 2 aromatic rings. The third-order valence-electron chi connectivity index (χ3n) is 4.68. The summed E-state index contributed by atoms with van der Waals surface area (Å²) < 4.78 is 1.58. The summed E-state index contributed by atoms with van der Waals surface area (Å²) in [7, 11) is 3.74. The monoisotopic (exact) mass is 356 g/mol. The van der Waals surface area contributed by atoms with Gasteiger partial charge >= 0.3 is 0 Å². The van der Waals surface area contributed by atoms with Gasteiger partial charge < -0.3 is 10.2 Å². The molecule has 8 nitrogen and oxygen atoms in total. The average molecular weight is 356 g/mol. The smallest absolute Gasteiger partial charge is 0.272 e. The molecule has 1 aliphatic rings. The number of carbonyl (C=O) groups excluding carboxylic acids is 1. The van der Waals surface area contributed by atoms with E-state index >= 15 is 0 Å². The Kier molecular flexibility index (Phi) is 5.29. The molecule has 8 heteroatoms. The number of carbonyl (C=O) groups is 1. The van der Waals surface area contributed by atoms with E-state index in [0.29, 0.717) is 11.5 Å². The van der Waals surface area contributed by atoms with Crippen LogP contribution in [0, 0.1) is 6.92 Å². The van der Waals surface area contributed by atoms with Crippen molar-refractivity contribution in [3.05, 3.63) is 46.0 Å². The summed E-state index contributed by atoms with van der Waals surface area (Å²) in [5, 5.41) is 15.4. The van der Waals surface area contributed by atoms with Crippen molar-refractivity contribution in [1.82, 2.24) is 25.3 Å². The number of hydrogen-bond donors (Lipinski definition) is 1. The Bertz CT molecular complexity index is 822. The average Bonchev–Trinajstić information content (AvgIpc) is 2.64. The molecule has 1 aliphatic carbocycles. The van der Waals surface area contributed by atoms with Crippen molar-refractivity contribution in [3.8, 4) is 0 Å². The molecule has 0 spiro atoms. The molecule has 0 saturated heterocycles. The molecule has 2 aromatic heterocycles. The van der Waals surface area contributed by atoms with E-state index in [0.717, 1.165) is 31.4 Å². The minimum Gasteiger partial charge on any atom is -0.361 e. The number of nitrogens with one attached hydrogen (secondary N) is 1. The predicted molar refractivity (Wildman–Crippen MR) is 98.4 cm³/mol. The van der Waals surface area contributed by atoms with Crippen LogP contribution in [0.4, 0.5) is 5.82 Å². The molecule has 0 radical (unpaired) electrons. The highest BCUT2D eigenvalue weighted by Crippen LogP contribution is 2.27. The summed E-state index contributed by atoms with van der Waals surface area (Å²) in [5.74, 6) is 0.496. The molecule has 0 bridgehead atoms. The van der Waals surface area contributed by atoms with Crippen molar-refractivity contribution in [2.45, 2.75) is 44.7 Å². The van der Waals surface area contributed by atoms with E-state index in [-0.39, 0.29) is 23.6 Å². The van der Waals surface area contributed by atoms with Crippen LogP contribution in [0.25, 0.3) is 0 Å².